The van der Waals surface area contributed by atoms with Crippen LogP contribution < -0.4 is 5.32 Å². The maximum Gasteiger partial charge on any atom is 0.131 e. The fourth-order valence-electron chi connectivity index (χ4n) is 2.26. The van der Waals surface area contributed by atoms with E-state index in [4.69, 9.17) is 4.74 Å². The van der Waals surface area contributed by atoms with Gasteiger partial charge in [0.05, 0.1) is 6.61 Å². The van der Waals surface area contributed by atoms with E-state index in [0.29, 0.717) is 12.5 Å². The van der Waals surface area contributed by atoms with Crippen molar-refractivity contribution in [3.8, 4) is 0 Å². The van der Waals surface area contributed by atoms with E-state index < -0.39 is 11.6 Å². The van der Waals surface area contributed by atoms with Gasteiger partial charge in [-0.2, -0.15) is 0 Å². The van der Waals surface area contributed by atoms with Crippen molar-refractivity contribution in [2.24, 2.45) is 5.92 Å². The Kier molecular flexibility index (Phi) is 5.08. The minimum absolute atomic E-state index is 0.0173. The van der Waals surface area contributed by atoms with Crippen molar-refractivity contribution >= 4 is 0 Å². The summed E-state index contributed by atoms with van der Waals surface area (Å²) < 4.78 is 32.0. The Morgan fingerprint density at radius 1 is 1.17 bits per heavy atom. The van der Waals surface area contributed by atoms with E-state index in [0.717, 1.165) is 32.4 Å². The molecule has 0 aliphatic carbocycles. The van der Waals surface area contributed by atoms with Crippen molar-refractivity contribution in [3.63, 3.8) is 0 Å². The molecule has 0 radical (unpaired) electrons. The van der Waals surface area contributed by atoms with Crippen LogP contribution in [0.1, 0.15) is 24.8 Å². The van der Waals surface area contributed by atoms with E-state index in [-0.39, 0.29) is 12.2 Å². The van der Waals surface area contributed by atoms with Gasteiger partial charge < -0.3 is 10.1 Å². The maximum absolute atomic E-state index is 13.3. The Balaban J connectivity index is 1.71. The van der Waals surface area contributed by atoms with Gasteiger partial charge in [-0.3, -0.25) is 0 Å². The van der Waals surface area contributed by atoms with E-state index in [2.05, 4.69) is 5.32 Å². The SMILES string of the molecule is Fc1cccc(F)c1COCCC1CCNCC1. The molecule has 0 bridgehead atoms. The summed E-state index contributed by atoms with van der Waals surface area (Å²) in [6.07, 6.45) is 3.30. The van der Waals surface area contributed by atoms with Gasteiger partial charge in [0.15, 0.2) is 0 Å². The Bertz CT molecular complexity index is 358. The normalized spacial score (nSPS) is 17.0. The van der Waals surface area contributed by atoms with Crippen molar-refractivity contribution in [2.75, 3.05) is 19.7 Å². The predicted molar refractivity (Wildman–Crippen MR) is 66.2 cm³/mol. The van der Waals surface area contributed by atoms with Gasteiger partial charge >= 0.3 is 0 Å². The first-order valence-electron chi connectivity index (χ1n) is 6.48. The standard InChI is InChI=1S/C14H19F2NO/c15-13-2-1-3-14(16)12(13)10-18-9-6-11-4-7-17-8-5-11/h1-3,11,17H,4-10H2. The van der Waals surface area contributed by atoms with Crippen LogP contribution in [0, 0.1) is 17.6 Å². The summed E-state index contributed by atoms with van der Waals surface area (Å²) in [6, 6.07) is 3.88. The van der Waals surface area contributed by atoms with Crippen LogP contribution in [-0.4, -0.2) is 19.7 Å². The summed E-state index contributed by atoms with van der Waals surface area (Å²) in [5, 5.41) is 3.31. The fraction of sp³-hybridized carbons (Fsp3) is 0.571. The number of halogens is 2. The summed E-state index contributed by atoms with van der Waals surface area (Å²) in [5.41, 5.74) is 0.0304. The molecule has 1 aromatic carbocycles. The molecule has 0 amide bonds. The Hall–Kier alpha value is -1.00. The monoisotopic (exact) mass is 255 g/mol. The number of benzene rings is 1. The lowest BCUT2D eigenvalue weighted by atomic mass is 9.95. The molecular weight excluding hydrogens is 236 g/mol. The zero-order valence-electron chi connectivity index (χ0n) is 10.4. The highest BCUT2D eigenvalue weighted by molar-refractivity contribution is 5.18. The number of hydrogen-bond donors (Lipinski definition) is 1. The van der Waals surface area contributed by atoms with Gasteiger partial charge in [-0.05, 0) is 50.4 Å². The molecule has 1 fully saturated rings. The summed E-state index contributed by atoms with van der Waals surface area (Å²) in [4.78, 5) is 0. The predicted octanol–water partition coefficient (Wildman–Crippen LogP) is 2.87. The molecule has 1 heterocycles. The lowest BCUT2D eigenvalue weighted by Crippen LogP contribution is -2.28. The Morgan fingerprint density at radius 2 is 1.83 bits per heavy atom. The van der Waals surface area contributed by atoms with Gasteiger partial charge in [0.1, 0.15) is 11.6 Å². The number of ether oxygens (including phenoxy) is 1. The van der Waals surface area contributed by atoms with Gasteiger partial charge in [0, 0.05) is 12.2 Å². The first-order chi connectivity index (χ1) is 8.77. The van der Waals surface area contributed by atoms with Crippen LogP contribution >= 0.6 is 0 Å². The van der Waals surface area contributed by atoms with Crippen molar-refractivity contribution in [2.45, 2.75) is 25.9 Å². The second kappa shape index (κ2) is 6.81. The molecule has 0 spiro atoms. The van der Waals surface area contributed by atoms with Crippen LogP contribution in [-0.2, 0) is 11.3 Å². The zero-order valence-corrected chi connectivity index (χ0v) is 10.4. The number of rotatable bonds is 5. The molecule has 100 valence electrons. The van der Waals surface area contributed by atoms with Gasteiger partial charge in [-0.1, -0.05) is 6.07 Å². The average Bonchev–Trinajstić information content (AvgIpc) is 2.38. The first-order valence-corrected chi connectivity index (χ1v) is 6.48. The third-order valence-electron chi connectivity index (χ3n) is 3.44. The van der Waals surface area contributed by atoms with E-state index in [1.807, 2.05) is 0 Å². The number of piperidine rings is 1. The van der Waals surface area contributed by atoms with Crippen LogP contribution in [0.15, 0.2) is 18.2 Å². The second-order valence-electron chi connectivity index (χ2n) is 4.73. The van der Waals surface area contributed by atoms with Crippen LogP contribution in [0.3, 0.4) is 0 Å². The summed E-state index contributed by atoms with van der Waals surface area (Å²) in [5.74, 6) is -0.384. The molecule has 1 saturated heterocycles. The van der Waals surface area contributed by atoms with Gasteiger partial charge in [-0.15, -0.1) is 0 Å². The van der Waals surface area contributed by atoms with Crippen molar-refractivity contribution in [3.05, 3.63) is 35.4 Å². The molecule has 1 aliphatic heterocycles. The molecule has 2 rings (SSSR count). The molecule has 2 nitrogen and oxygen atoms in total. The van der Waals surface area contributed by atoms with Crippen LogP contribution in [0.25, 0.3) is 0 Å². The van der Waals surface area contributed by atoms with Crippen LogP contribution in [0.2, 0.25) is 0 Å². The van der Waals surface area contributed by atoms with Crippen molar-refractivity contribution in [1.82, 2.24) is 5.32 Å². The average molecular weight is 255 g/mol. The molecule has 0 saturated carbocycles. The summed E-state index contributed by atoms with van der Waals surface area (Å²) in [7, 11) is 0. The topological polar surface area (TPSA) is 21.3 Å². The minimum Gasteiger partial charge on any atom is -0.377 e. The quantitative estimate of drug-likeness (QED) is 0.817. The van der Waals surface area contributed by atoms with E-state index in [9.17, 15) is 8.78 Å². The van der Waals surface area contributed by atoms with Gasteiger partial charge in [0.25, 0.3) is 0 Å². The van der Waals surface area contributed by atoms with Gasteiger partial charge in [0.2, 0.25) is 0 Å². The maximum atomic E-state index is 13.3. The summed E-state index contributed by atoms with van der Waals surface area (Å²) >= 11 is 0. The van der Waals surface area contributed by atoms with Crippen LogP contribution in [0.4, 0.5) is 8.78 Å². The molecule has 1 N–H and O–H groups in total. The highest BCUT2D eigenvalue weighted by atomic mass is 19.1. The highest BCUT2D eigenvalue weighted by Crippen LogP contribution is 2.17. The number of nitrogens with one attached hydrogen (secondary N) is 1. The number of hydrogen-bond acceptors (Lipinski definition) is 2. The molecule has 1 aromatic rings. The molecule has 0 atom stereocenters. The Morgan fingerprint density at radius 3 is 2.50 bits per heavy atom. The fourth-order valence-corrected chi connectivity index (χ4v) is 2.26. The minimum atomic E-state index is -0.531. The molecule has 18 heavy (non-hydrogen) atoms. The first kappa shape index (κ1) is 13.4. The Labute approximate surface area is 106 Å². The zero-order chi connectivity index (χ0) is 12.8. The third kappa shape index (κ3) is 3.75. The molecular formula is C14H19F2NO. The van der Waals surface area contributed by atoms with E-state index in [1.54, 1.807) is 0 Å². The lowest BCUT2D eigenvalue weighted by Gasteiger charge is -2.22. The molecule has 4 heteroatoms. The second-order valence-corrected chi connectivity index (χ2v) is 4.73. The molecule has 0 aromatic heterocycles. The van der Waals surface area contributed by atoms with E-state index >= 15 is 0 Å². The highest BCUT2D eigenvalue weighted by Gasteiger charge is 2.13. The van der Waals surface area contributed by atoms with E-state index in [1.165, 1.54) is 18.2 Å². The molecule has 0 unspecified atom stereocenters. The summed E-state index contributed by atoms with van der Waals surface area (Å²) in [6.45, 7) is 2.71. The third-order valence-corrected chi connectivity index (χ3v) is 3.44. The molecule has 1 aliphatic rings. The van der Waals surface area contributed by atoms with Crippen LogP contribution in [0.5, 0.6) is 0 Å². The van der Waals surface area contributed by atoms with Crippen molar-refractivity contribution in [1.29, 1.82) is 0 Å². The lowest BCUT2D eigenvalue weighted by molar-refractivity contribution is 0.0984. The largest absolute Gasteiger partial charge is 0.377 e. The smallest absolute Gasteiger partial charge is 0.131 e. The van der Waals surface area contributed by atoms with Gasteiger partial charge in [-0.25, -0.2) is 8.78 Å². The van der Waals surface area contributed by atoms with Crippen molar-refractivity contribution < 1.29 is 13.5 Å².